The molecule has 4 aromatic rings. The third kappa shape index (κ3) is 6.67. The van der Waals surface area contributed by atoms with Crippen LogP contribution in [0.1, 0.15) is 21.6 Å². The van der Waals surface area contributed by atoms with Crippen LogP contribution >= 0.6 is 11.6 Å². The van der Waals surface area contributed by atoms with E-state index in [1.165, 1.54) is 19.2 Å². The number of halogens is 8. The van der Waals surface area contributed by atoms with E-state index < -0.39 is 29.4 Å². The molecular weight excluding hydrogens is 527 g/mol. The topological polar surface area (TPSA) is 46.9 Å². The van der Waals surface area contributed by atoms with E-state index in [4.69, 9.17) is 11.6 Å². The molecule has 0 saturated carbocycles. The standard InChI is InChI=1S/C17H10ClF3N2O.C8H7F4N/c18-13-3-1-2-4-14(13)23-15(9-16(22-23)17(19,20)21)12-7-5-11(10-24)6-8-12;1-13-7-4-5(8(10,11)12)2-3-6(7)9/h1-10H;2-4,13H,1H3. The predicted octanol–water partition coefficient (Wildman–Crippen LogP) is 7.91. The van der Waals surface area contributed by atoms with E-state index in [1.807, 2.05) is 0 Å². The average molecular weight is 544 g/mol. The van der Waals surface area contributed by atoms with Crippen LogP contribution in [0, 0.1) is 5.82 Å². The highest BCUT2D eigenvalue weighted by Crippen LogP contribution is 2.35. The molecule has 0 spiro atoms. The molecule has 3 aromatic carbocycles. The summed E-state index contributed by atoms with van der Waals surface area (Å²) in [5, 5.41) is 6.28. The van der Waals surface area contributed by atoms with Gasteiger partial charge in [0.15, 0.2) is 5.69 Å². The molecule has 4 nitrogen and oxygen atoms in total. The maximum atomic E-state index is 13.1. The Hall–Kier alpha value is -3.86. The first-order valence-corrected chi connectivity index (χ1v) is 10.7. The smallest absolute Gasteiger partial charge is 0.386 e. The molecule has 194 valence electrons. The van der Waals surface area contributed by atoms with Crippen molar-refractivity contribution in [3.05, 3.63) is 100 Å². The molecule has 0 bridgehead atoms. The van der Waals surface area contributed by atoms with Gasteiger partial charge in [-0.3, -0.25) is 4.79 Å². The molecule has 1 aromatic heterocycles. The highest BCUT2D eigenvalue weighted by atomic mass is 35.5. The number of para-hydroxylation sites is 1. The number of carbonyl (C=O) groups excluding carboxylic acids is 1. The van der Waals surface area contributed by atoms with Gasteiger partial charge in [0.25, 0.3) is 0 Å². The van der Waals surface area contributed by atoms with Crippen LogP contribution in [-0.4, -0.2) is 23.1 Å². The maximum absolute atomic E-state index is 13.1. The quantitative estimate of drug-likeness (QED) is 0.210. The van der Waals surface area contributed by atoms with E-state index in [1.54, 1.807) is 36.4 Å². The number of carbonyl (C=O) groups is 1. The van der Waals surface area contributed by atoms with Gasteiger partial charge in [-0.2, -0.15) is 31.4 Å². The summed E-state index contributed by atoms with van der Waals surface area (Å²) in [5.74, 6) is -0.699. The molecule has 0 unspecified atom stereocenters. The molecule has 0 radical (unpaired) electrons. The van der Waals surface area contributed by atoms with Crippen molar-refractivity contribution >= 4 is 23.6 Å². The van der Waals surface area contributed by atoms with Gasteiger partial charge in [-0.15, -0.1) is 0 Å². The zero-order chi connectivity index (χ0) is 27.4. The van der Waals surface area contributed by atoms with Gasteiger partial charge in [-0.25, -0.2) is 9.07 Å². The second kappa shape index (κ2) is 11.0. The van der Waals surface area contributed by atoms with Crippen molar-refractivity contribution < 1.29 is 35.5 Å². The summed E-state index contributed by atoms with van der Waals surface area (Å²) >= 11 is 6.10. The van der Waals surface area contributed by atoms with E-state index in [9.17, 15) is 35.5 Å². The number of rotatable bonds is 4. The number of anilines is 1. The van der Waals surface area contributed by atoms with Gasteiger partial charge in [0.05, 0.1) is 27.7 Å². The third-order valence-corrected chi connectivity index (χ3v) is 5.31. The minimum atomic E-state index is -4.58. The lowest BCUT2D eigenvalue weighted by Crippen LogP contribution is -2.07. The predicted molar refractivity (Wildman–Crippen MR) is 125 cm³/mol. The van der Waals surface area contributed by atoms with Crippen molar-refractivity contribution in [2.75, 3.05) is 12.4 Å². The molecule has 0 amide bonds. The molecular formula is C25H17ClF7N3O. The lowest BCUT2D eigenvalue weighted by Gasteiger charge is -2.09. The fourth-order valence-electron chi connectivity index (χ4n) is 3.16. The summed E-state index contributed by atoms with van der Waals surface area (Å²) in [6.07, 6.45) is -8.35. The number of alkyl halides is 6. The molecule has 37 heavy (non-hydrogen) atoms. The fraction of sp³-hybridized carbons (Fsp3) is 0.120. The minimum Gasteiger partial charge on any atom is -0.386 e. The van der Waals surface area contributed by atoms with Crippen LogP contribution in [0.4, 0.5) is 36.4 Å². The zero-order valence-electron chi connectivity index (χ0n) is 18.8. The average Bonchev–Trinajstić information content (AvgIpc) is 3.30. The number of aldehydes is 1. The third-order valence-electron chi connectivity index (χ3n) is 4.99. The molecule has 0 aliphatic rings. The van der Waals surface area contributed by atoms with E-state index in [-0.39, 0.29) is 16.4 Å². The van der Waals surface area contributed by atoms with Gasteiger partial charge in [0.2, 0.25) is 0 Å². The summed E-state index contributed by atoms with van der Waals surface area (Å²) in [5.41, 5.74) is -0.552. The lowest BCUT2D eigenvalue weighted by atomic mass is 10.1. The maximum Gasteiger partial charge on any atom is 0.435 e. The number of hydrogen-bond acceptors (Lipinski definition) is 3. The normalized spacial score (nSPS) is 11.5. The highest BCUT2D eigenvalue weighted by molar-refractivity contribution is 6.32. The van der Waals surface area contributed by atoms with Crippen LogP contribution in [0.25, 0.3) is 16.9 Å². The second-order valence-electron chi connectivity index (χ2n) is 7.46. The fourth-order valence-corrected chi connectivity index (χ4v) is 3.37. The van der Waals surface area contributed by atoms with Gasteiger partial charge in [0, 0.05) is 18.2 Å². The molecule has 0 aliphatic carbocycles. The first-order valence-electron chi connectivity index (χ1n) is 10.4. The summed E-state index contributed by atoms with van der Waals surface area (Å²) in [4.78, 5) is 10.7. The largest absolute Gasteiger partial charge is 0.435 e. The number of benzene rings is 3. The highest BCUT2D eigenvalue weighted by Gasteiger charge is 2.35. The molecule has 0 saturated heterocycles. The molecule has 12 heteroatoms. The van der Waals surface area contributed by atoms with Gasteiger partial charge in [-0.1, -0.05) is 48.0 Å². The van der Waals surface area contributed by atoms with E-state index >= 15 is 0 Å². The number of nitrogens with one attached hydrogen (secondary N) is 1. The van der Waals surface area contributed by atoms with Crippen LogP contribution in [0.2, 0.25) is 5.02 Å². The Kier molecular flexibility index (Phi) is 8.27. The van der Waals surface area contributed by atoms with E-state index in [0.717, 1.165) is 22.9 Å². The van der Waals surface area contributed by atoms with Crippen LogP contribution in [0.5, 0.6) is 0 Å². The van der Waals surface area contributed by atoms with Gasteiger partial charge in [0.1, 0.15) is 12.1 Å². The summed E-state index contributed by atoms with van der Waals surface area (Å²) in [7, 11) is 1.36. The molecule has 0 aliphatic heterocycles. The summed E-state index contributed by atoms with van der Waals surface area (Å²) in [6, 6.07) is 15.9. The van der Waals surface area contributed by atoms with Gasteiger partial charge < -0.3 is 5.32 Å². The Labute approximate surface area is 211 Å². The molecule has 1 heterocycles. The molecule has 0 atom stereocenters. The van der Waals surface area contributed by atoms with Crippen molar-refractivity contribution in [1.82, 2.24) is 9.78 Å². The Bertz CT molecular complexity index is 1380. The van der Waals surface area contributed by atoms with Crippen molar-refractivity contribution in [3.8, 4) is 16.9 Å². The Morgan fingerprint density at radius 1 is 0.892 bits per heavy atom. The van der Waals surface area contributed by atoms with E-state index in [2.05, 4.69) is 10.4 Å². The second-order valence-corrected chi connectivity index (χ2v) is 7.87. The van der Waals surface area contributed by atoms with E-state index in [0.29, 0.717) is 29.2 Å². The van der Waals surface area contributed by atoms with Crippen molar-refractivity contribution in [1.29, 1.82) is 0 Å². The Morgan fingerprint density at radius 2 is 1.54 bits per heavy atom. The molecule has 1 N–H and O–H groups in total. The summed E-state index contributed by atoms with van der Waals surface area (Å²) in [6.45, 7) is 0. The van der Waals surface area contributed by atoms with Crippen molar-refractivity contribution in [3.63, 3.8) is 0 Å². The zero-order valence-corrected chi connectivity index (χ0v) is 19.6. The Balaban J connectivity index is 0.000000248. The first kappa shape index (κ1) is 27.7. The Morgan fingerprint density at radius 3 is 2.08 bits per heavy atom. The van der Waals surface area contributed by atoms with Gasteiger partial charge >= 0.3 is 12.4 Å². The van der Waals surface area contributed by atoms with Crippen LogP contribution in [0.3, 0.4) is 0 Å². The lowest BCUT2D eigenvalue weighted by molar-refractivity contribution is -0.141. The van der Waals surface area contributed by atoms with Crippen LogP contribution in [-0.2, 0) is 12.4 Å². The van der Waals surface area contributed by atoms with Crippen LogP contribution < -0.4 is 5.32 Å². The first-order chi connectivity index (χ1) is 17.3. The van der Waals surface area contributed by atoms with Gasteiger partial charge in [-0.05, 0) is 36.4 Å². The number of aromatic nitrogens is 2. The minimum absolute atomic E-state index is 0.158. The molecule has 0 fully saturated rings. The van der Waals surface area contributed by atoms with Crippen LogP contribution in [0.15, 0.2) is 72.8 Å². The molecule has 4 rings (SSSR count). The van der Waals surface area contributed by atoms with Crippen molar-refractivity contribution in [2.45, 2.75) is 12.4 Å². The van der Waals surface area contributed by atoms with Crippen molar-refractivity contribution in [2.24, 2.45) is 0 Å². The number of hydrogen-bond donors (Lipinski definition) is 1. The monoisotopic (exact) mass is 543 g/mol. The summed E-state index contributed by atoms with van der Waals surface area (Å²) < 4.78 is 89.4. The number of nitrogens with zero attached hydrogens (tertiary/aromatic N) is 2. The SMILES string of the molecule is CNc1cc(C(F)(F)F)ccc1F.O=Cc1ccc(-c2cc(C(F)(F)F)nn2-c2ccccc2Cl)cc1.